The van der Waals surface area contributed by atoms with Gasteiger partial charge in [-0.15, -0.1) is 0 Å². The van der Waals surface area contributed by atoms with Crippen molar-refractivity contribution in [2.45, 2.75) is 17.5 Å². The van der Waals surface area contributed by atoms with Crippen LogP contribution in [0, 0.1) is 5.82 Å². The van der Waals surface area contributed by atoms with Crippen molar-refractivity contribution in [2.24, 2.45) is 0 Å². The van der Waals surface area contributed by atoms with Crippen LogP contribution in [-0.4, -0.2) is 30.4 Å². The number of nitrogens with zero attached hydrogens (tertiary/aromatic N) is 1. The average molecular weight is 442 g/mol. The third kappa shape index (κ3) is 4.15. The number of fused-ring (bicyclic) bond motifs is 1. The smallest absolute Gasteiger partial charge is 0.274 e. The average Bonchev–Trinajstić information content (AvgIpc) is 2.99. The van der Waals surface area contributed by atoms with Crippen LogP contribution in [0.5, 0.6) is 5.75 Å². The van der Waals surface area contributed by atoms with Crippen molar-refractivity contribution in [1.82, 2.24) is 9.79 Å². The SMILES string of the molecule is O=C(NO)c1ccc2c(c1)OCC(c1ccccc1)N(S(=O)(=O)c1ccc(F)cc1)C2. The van der Waals surface area contributed by atoms with E-state index in [1.165, 1.54) is 28.6 Å². The fourth-order valence-corrected chi connectivity index (χ4v) is 5.06. The number of amides is 1. The molecule has 1 unspecified atom stereocenters. The van der Waals surface area contributed by atoms with E-state index in [0.717, 1.165) is 17.7 Å². The van der Waals surface area contributed by atoms with Crippen molar-refractivity contribution in [2.75, 3.05) is 6.61 Å². The van der Waals surface area contributed by atoms with Crippen LogP contribution in [0.3, 0.4) is 0 Å². The van der Waals surface area contributed by atoms with E-state index >= 15 is 0 Å². The lowest BCUT2D eigenvalue weighted by Crippen LogP contribution is -2.36. The van der Waals surface area contributed by atoms with Crippen molar-refractivity contribution in [1.29, 1.82) is 0 Å². The van der Waals surface area contributed by atoms with Gasteiger partial charge in [-0.05, 0) is 42.0 Å². The van der Waals surface area contributed by atoms with Gasteiger partial charge in [0.15, 0.2) is 0 Å². The van der Waals surface area contributed by atoms with Crippen molar-refractivity contribution >= 4 is 15.9 Å². The summed E-state index contributed by atoms with van der Waals surface area (Å²) < 4.78 is 47.6. The number of carbonyl (C=O) groups is 1. The van der Waals surface area contributed by atoms with Crippen LogP contribution >= 0.6 is 0 Å². The molecule has 1 aliphatic heterocycles. The van der Waals surface area contributed by atoms with Gasteiger partial charge in [0.1, 0.15) is 18.2 Å². The molecule has 1 amide bonds. The molecule has 0 bridgehead atoms. The molecule has 0 aliphatic carbocycles. The Bertz CT molecular complexity index is 1200. The molecule has 4 rings (SSSR count). The van der Waals surface area contributed by atoms with E-state index in [9.17, 15) is 17.6 Å². The zero-order valence-electron chi connectivity index (χ0n) is 16.2. The maximum Gasteiger partial charge on any atom is 0.274 e. The molecule has 1 heterocycles. The standard InChI is InChI=1S/C22H19FN2O5S/c23-18-8-10-19(11-9-18)31(28,29)25-13-17-7-6-16(22(26)24-27)12-21(17)30-14-20(25)15-4-2-1-3-5-15/h1-12,20,27H,13-14H2,(H,24,26). The first-order valence-corrected chi connectivity index (χ1v) is 10.9. The van der Waals surface area contributed by atoms with E-state index in [0.29, 0.717) is 11.3 Å². The normalized spacial score (nSPS) is 16.6. The number of nitrogens with one attached hydrogen (secondary N) is 1. The minimum absolute atomic E-state index is 0.00162. The zero-order valence-corrected chi connectivity index (χ0v) is 17.0. The second-order valence-electron chi connectivity index (χ2n) is 7.01. The summed E-state index contributed by atoms with van der Waals surface area (Å²) in [6.45, 7) is -0.0166. The highest BCUT2D eigenvalue weighted by Gasteiger charge is 2.36. The third-order valence-electron chi connectivity index (χ3n) is 5.11. The summed E-state index contributed by atoms with van der Waals surface area (Å²) in [5.41, 5.74) is 3.02. The Morgan fingerprint density at radius 1 is 1.06 bits per heavy atom. The van der Waals surface area contributed by atoms with Gasteiger partial charge in [0, 0.05) is 17.7 Å². The van der Waals surface area contributed by atoms with Crippen molar-refractivity contribution in [3.63, 3.8) is 0 Å². The van der Waals surface area contributed by atoms with Crippen LogP contribution in [0.2, 0.25) is 0 Å². The van der Waals surface area contributed by atoms with Crippen molar-refractivity contribution in [3.8, 4) is 5.75 Å². The highest BCUT2D eigenvalue weighted by molar-refractivity contribution is 7.89. The Balaban J connectivity index is 1.80. The minimum atomic E-state index is -4.01. The first-order chi connectivity index (χ1) is 14.9. The summed E-state index contributed by atoms with van der Waals surface area (Å²) in [6.07, 6.45) is 0. The molecule has 0 radical (unpaired) electrons. The maximum atomic E-state index is 13.5. The van der Waals surface area contributed by atoms with Gasteiger partial charge < -0.3 is 4.74 Å². The van der Waals surface area contributed by atoms with Crippen LogP contribution in [0.4, 0.5) is 4.39 Å². The number of hydrogen-bond donors (Lipinski definition) is 2. The predicted octanol–water partition coefficient (Wildman–Crippen LogP) is 3.27. The molecule has 0 spiro atoms. The molecule has 1 atom stereocenters. The second-order valence-corrected chi connectivity index (χ2v) is 8.90. The molecular weight excluding hydrogens is 423 g/mol. The minimum Gasteiger partial charge on any atom is -0.491 e. The fourth-order valence-electron chi connectivity index (χ4n) is 3.49. The van der Waals surface area contributed by atoms with Crippen LogP contribution in [0.1, 0.15) is 27.5 Å². The summed E-state index contributed by atoms with van der Waals surface area (Å²) >= 11 is 0. The van der Waals surface area contributed by atoms with Gasteiger partial charge in [0.2, 0.25) is 10.0 Å². The molecule has 2 N–H and O–H groups in total. The third-order valence-corrected chi connectivity index (χ3v) is 6.97. The van der Waals surface area contributed by atoms with E-state index in [-0.39, 0.29) is 23.6 Å². The van der Waals surface area contributed by atoms with Crippen LogP contribution < -0.4 is 10.2 Å². The molecule has 31 heavy (non-hydrogen) atoms. The molecule has 0 fully saturated rings. The molecule has 0 saturated heterocycles. The Labute approximate surface area is 178 Å². The number of ether oxygens (including phenoxy) is 1. The molecular formula is C22H19FN2O5S. The van der Waals surface area contributed by atoms with Crippen LogP contribution in [-0.2, 0) is 16.6 Å². The molecule has 3 aromatic carbocycles. The van der Waals surface area contributed by atoms with E-state index in [1.54, 1.807) is 23.7 Å². The summed E-state index contributed by atoms with van der Waals surface area (Å²) in [6, 6.07) is 17.6. The first-order valence-electron chi connectivity index (χ1n) is 9.42. The Morgan fingerprint density at radius 2 is 1.77 bits per heavy atom. The number of rotatable bonds is 4. The molecule has 0 aromatic heterocycles. The lowest BCUT2D eigenvalue weighted by atomic mass is 10.1. The van der Waals surface area contributed by atoms with E-state index in [2.05, 4.69) is 0 Å². The molecule has 9 heteroatoms. The quantitative estimate of drug-likeness (QED) is 0.478. The van der Waals surface area contributed by atoms with Crippen molar-refractivity contribution < 1.29 is 27.5 Å². The Hall–Kier alpha value is -3.27. The highest BCUT2D eigenvalue weighted by Crippen LogP contribution is 2.36. The van der Waals surface area contributed by atoms with Crippen LogP contribution in [0.15, 0.2) is 77.7 Å². The van der Waals surface area contributed by atoms with E-state index < -0.39 is 27.8 Å². The Morgan fingerprint density at radius 3 is 2.45 bits per heavy atom. The van der Waals surface area contributed by atoms with Gasteiger partial charge in [-0.3, -0.25) is 10.0 Å². The lowest BCUT2D eigenvalue weighted by Gasteiger charge is -2.28. The second kappa shape index (κ2) is 8.46. The van der Waals surface area contributed by atoms with Gasteiger partial charge in [-0.2, -0.15) is 4.31 Å². The first kappa shape index (κ1) is 21.0. The van der Waals surface area contributed by atoms with E-state index in [1.807, 2.05) is 18.2 Å². The maximum absolute atomic E-state index is 13.5. The van der Waals surface area contributed by atoms with Gasteiger partial charge in [-0.1, -0.05) is 36.4 Å². The number of hydroxylamine groups is 1. The largest absolute Gasteiger partial charge is 0.491 e. The molecule has 0 saturated carbocycles. The number of benzene rings is 3. The highest BCUT2D eigenvalue weighted by atomic mass is 32.2. The zero-order chi connectivity index (χ0) is 22.0. The number of hydrogen-bond acceptors (Lipinski definition) is 5. The monoisotopic (exact) mass is 442 g/mol. The van der Waals surface area contributed by atoms with Gasteiger partial charge in [0.05, 0.1) is 10.9 Å². The summed E-state index contributed by atoms with van der Waals surface area (Å²) in [5.74, 6) is -0.886. The lowest BCUT2D eigenvalue weighted by molar-refractivity contribution is 0.0706. The van der Waals surface area contributed by atoms with Gasteiger partial charge in [0.25, 0.3) is 5.91 Å². The predicted molar refractivity (Wildman–Crippen MR) is 110 cm³/mol. The van der Waals surface area contributed by atoms with Crippen LogP contribution in [0.25, 0.3) is 0 Å². The molecule has 7 nitrogen and oxygen atoms in total. The van der Waals surface area contributed by atoms with Gasteiger partial charge in [-0.25, -0.2) is 18.3 Å². The van der Waals surface area contributed by atoms with Gasteiger partial charge >= 0.3 is 0 Å². The summed E-state index contributed by atoms with van der Waals surface area (Å²) in [4.78, 5) is 11.7. The van der Waals surface area contributed by atoms with E-state index in [4.69, 9.17) is 9.94 Å². The number of sulfonamides is 1. The Kier molecular flexibility index (Phi) is 5.73. The summed E-state index contributed by atoms with van der Waals surface area (Å²) in [5, 5.41) is 8.88. The number of carbonyl (C=O) groups excluding carboxylic acids is 1. The fraction of sp³-hybridized carbons (Fsp3) is 0.136. The topological polar surface area (TPSA) is 95.9 Å². The van der Waals surface area contributed by atoms with Crippen molar-refractivity contribution in [3.05, 3.63) is 95.3 Å². The molecule has 3 aromatic rings. The number of halogens is 1. The molecule has 1 aliphatic rings. The molecule has 160 valence electrons. The summed E-state index contributed by atoms with van der Waals surface area (Å²) in [7, 11) is -4.01.